The van der Waals surface area contributed by atoms with Crippen LogP contribution in [-0.4, -0.2) is 188 Å². The van der Waals surface area contributed by atoms with Gasteiger partial charge in [-0.05, 0) is 234 Å². The van der Waals surface area contributed by atoms with Gasteiger partial charge in [0.2, 0.25) is 0 Å². The van der Waals surface area contributed by atoms with Crippen LogP contribution in [0.3, 0.4) is 0 Å². The average molecular weight is 1380 g/mol. The number of hydrogen-bond donors (Lipinski definition) is 9. The zero-order chi connectivity index (χ0) is 72.0. The number of carbonyl (C=O) groups excluding carboxylic acids is 2. The quantitative estimate of drug-likeness (QED) is 0.0419. The van der Waals surface area contributed by atoms with Gasteiger partial charge in [0.25, 0.3) is 0 Å². The monoisotopic (exact) mass is 1380 g/mol. The second-order valence-corrected chi connectivity index (χ2v) is 36.5. The molecular formula is C77H124N2O19. The number of fused-ring (bicyclic) bond motifs is 14. The fourth-order valence-electron chi connectivity index (χ4n) is 26.9. The van der Waals surface area contributed by atoms with Crippen molar-refractivity contribution in [2.24, 2.45) is 113 Å². The Hall–Kier alpha value is -3.16. The van der Waals surface area contributed by atoms with E-state index in [4.69, 9.17) is 28.6 Å². The molecule has 10 saturated carbocycles. The minimum absolute atomic E-state index is 0.0348. The lowest BCUT2D eigenvalue weighted by atomic mass is 9.32. The number of esters is 2. The molecule has 21 nitrogen and oxygen atoms in total. The lowest BCUT2D eigenvalue weighted by molar-refractivity contribution is -0.327. The molecule has 0 aromatic heterocycles. The molecule has 9 N–H and O–H groups in total. The molecule has 556 valence electrons. The summed E-state index contributed by atoms with van der Waals surface area (Å²) in [6, 6.07) is 0. The molecule has 0 amide bonds. The van der Waals surface area contributed by atoms with E-state index < -0.39 is 96.5 Å². The Labute approximate surface area is 582 Å². The second-order valence-electron chi connectivity index (χ2n) is 36.5. The molecule has 0 aromatic carbocycles. The number of hydroxylamine groups is 4. The van der Waals surface area contributed by atoms with E-state index in [9.17, 15) is 65.1 Å². The topological polar surface area (TPSA) is 312 Å². The van der Waals surface area contributed by atoms with Crippen LogP contribution >= 0.6 is 0 Å². The van der Waals surface area contributed by atoms with Gasteiger partial charge in [-0.1, -0.05) is 93.5 Å². The average Bonchev–Trinajstić information content (AvgIpc) is 0.927. The van der Waals surface area contributed by atoms with Crippen molar-refractivity contribution in [3.8, 4) is 0 Å². The SMILES string of the molecule is C=C(C)[C@@H]1CC[C@]2(C(=O)O)CC[C@]3(C)[C@H](CCC4[C@@]5(C)CC[C@H](OC(=O)CN(OC)[C@@H]6OC(CO)[C@@H](O)[C@H](O)C6O)C(C)(C)C5CC[C@]43C)C12.C=C(C)[C@@H]1CC[C@]2(C(=O)O)CC[C@]3(C)[C@H](CCC4[C@@]5(C)CC[C@H](OC(=O)CN(OC)[C@@H]6OC[C@@H](O)[C@H](O)C6O)C(C)(C)C5CC[C@]43C)C12. The van der Waals surface area contributed by atoms with Gasteiger partial charge in [-0.3, -0.25) is 28.9 Å². The number of carboxylic acids is 2. The van der Waals surface area contributed by atoms with Crippen LogP contribution in [0.1, 0.15) is 212 Å². The van der Waals surface area contributed by atoms with Crippen molar-refractivity contribution in [3.63, 3.8) is 0 Å². The highest BCUT2D eigenvalue weighted by Gasteiger charge is 2.75. The van der Waals surface area contributed by atoms with Crippen molar-refractivity contribution in [1.29, 1.82) is 0 Å². The van der Waals surface area contributed by atoms with Crippen LogP contribution in [0.2, 0.25) is 0 Å². The number of allylic oxidation sites excluding steroid dienone is 2. The third-order valence-electron chi connectivity index (χ3n) is 32.4. The molecule has 2 aliphatic heterocycles. The fourth-order valence-corrected chi connectivity index (χ4v) is 26.9. The molecule has 21 heteroatoms. The summed E-state index contributed by atoms with van der Waals surface area (Å²) in [4.78, 5) is 63.6. The molecule has 0 bridgehead atoms. The van der Waals surface area contributed by atoms with Crippen molar-refractivity contribution in [2.75, 3.05) is 40.5 Å². The summed E-state index contributed by atoms with van der Waals surface area (Å²) in [6.45, 7) is 35.5. The molecule has 12 aliphatic rings. The van der Waals surface area contributed by atoms with Crippen molar-refractivity contribution in [1.82, 2.24) is 10.1 Å². The van der Waals surface area contributed by atoms with E-state index in [0.717, 1.165) is 138 Å². The van der Waals surface area contributed by atoms with E-state index in [1.165, 1.54) is 19.3 Å². The Balaban J connectivity index is 0.000000199. The summed E-state index contributed by atoms with van der Waals surface area (Å²) in [7, 11) is 2.68. The van der Waals surface area contributed by atoms with Crippen LogP contribution in [0.25, 0.3) is 0 Å². The molecule has 10 aliphatic carbocycles. The standard InChI is InChI=1S/C39H63NO10.C38H61NO9/c1-21(2)22-11-16-39(34(46)47)18-17-37(6)23(29(22)39)9-10-26-36(5)14-13-27(35(3,4)25(36)12-15-38(26,37)7)50-28(42)19-40(48-8)33-32(45)31(44)30(43)24(20-41)49-33;1-21(2)22-11-16-38(33(44)45)18-17-36(6)23(29(22)38)9-10-26-35(5)14-13-27(34(3,4)25(35)12-15-37(26,36)7)48-28(41)19-39(46-8)32-31(43)30(42)24(40)20-47-32/h22-27,29-33,41,43-45H,1,9-20H2,2-8H3,(H,46,47);22-27,29-32,40,42-43H,1,9-20H2,2-8H3,(H,44,45)/t22-,23+,24?,25?,26?,27-,29?,30+,31-,32?,33+,36-,37+,38+,39-;22-,23+,24+,25?,26?,27-,29?,30-,31?,32+,35-,36+,37+,38-/m00/s1. The van der Waals surface area contributed by atoms with Crippen LogP contribution in [0.15, 0.2) is 24.3 Å². The summed E-state index contributed by atoms with van der Waals surface area (Å²) in [5, 5.41) is 94.7. The van der Waals surface area contributed by atoms with E-state index >= 15 is 0 Å². The van der Waals surface area contributed by atoms with Gasteiger partial charge in [0.15, 0.2) is 12.5 Å². The minimum Gasteiger partial charge on any atom is -0.481 e. The Morgan fingerprint density at radius 2 is 0.878 bits per heavy atom. The molecule has 12 rings (SSSR count). The Morgan fingerprint density at radius 1 is 0.469 bits per heavy atom. The number of rotatable bonds is 15. The molecule has 0 radical (unpaired) electrons. The molecule has 2 saturated heterocycles. The summed E-state index contributed by atoms with van der Waals surface area (Å²) >= 11 is 0. The summed E-state index contributed by atoms with van der Waals surface area (Å²) in [5.41, 5.74) is 0.785. The number of aliphatic hydroxyl groups is 7. The van der Waals surface area contributed by atoms with Gasteiger partial charge in [0, 0.05) is 10.8 Å². The zero-order valence-electron chi connectivity index (χ0n) is 61.5. The Morgan fingerprint density at radius 3 is 1.27 bits per heavy atom. The molecule has 29 atom stereocenters. The van der Waals surface area contributed by atoms with E-state index in [2.05, 4.69) is 96.2 Å². The Kier molecular flexibility index (Phi) is 20.8. The lowest BCUT2D eigenvalue weighted by Crippen LogP contribution is -2.67. The van der Waals surface area contributed by atoms with Gasteiger partial charge in [0.05, 0.1) is 38.3 Å². The van der Waals surface area contributed by atoms with Gasteiger partial charge in [-0.15, -0.1) is 10.1 Å². The normalized spacial score (nSPS) is 49.6. The van der Waals surface area contributed by atoms with Gasteiger partial charge in [0.1, 0.15) is 68.0 Å². The highest BCUT2D eigenvalue weighted by Crippen LogP contribution is 2.80. The number of hydrogen-bond acceptors (Lipinski definition) is 19. The molecular weight excluding hydrogens is 1260 g/mol. The number of aliphatic hydroxyl groups excluding tert-OH is 7. The first kappa shape index (κ1) is 76.0. The Bertz CT molecular complexity index is 3020. The van der Waals surface area contributed by atoms with E-state index in [1.54, 1.807) is 0 Å². The summed E-state index contributed by atoms with van der Waals surface area (Å²) in [6.07, 6.45) is 5.73. The maximum Gasteiger partial charge on any atom is 0.323 e. The highest BCUT2D eigenvalue weighted by atomic mass is 16.7. The van der Waals surface area contributed by atoms with E-state index in [-0.39, 0.29) is 98.9 Å². The van der Waals surface area contributed by atoms with Crippen molar-refractivity contribution in [3.05, 3.63) is 24.3 Å². The van der Waals surface area contributed by atoms with Crippen molar-refractivity contribution < 1.29 is 93.8 Å². The van der Waals surface area contributed by atoms with Crippen LogP contribution in [0.4, 0.5) is 0 Å². The van der Waals surface area contributed by atoms with Crippen molar-refractivity contribution >= 4 is 23.9 Å². The molecule has 98 heavy (non-hydrogen) atoms. The summed E-state index contributed by atoms with van der Waals surface area (Å²) in [5.74, 6) is 0.976. The van der Waals surface area contributed by atoms with Crippen LogP contribution in [0, 0.1) is 113 Å². The largest absolute Gasteiger partial charge is 0.481 e. The van der Waals surface area contributed by atoms with Crippen LogP contribution in [0.5, 0.6) is 0 Å². The van der Waals surface area contributed by atoms with Gasteiger partial charge < -0.3 is 64.9 Å². The smallest absolute Gasteiger partial charge is 0.323 e. The third kappa shape index (κ3) is 11.4. The zero-order valence-corrected chi connectivity index (χ0v) is 61.5. The highest BCUT2D eigenvalue weighted by molar-refractivity contribution is 5.77. The predicted octanol–water partition coefficient (Wildman–Crippen LogP) is 9.25. The predicted molar refractivity (Wildman–Crippen MR) is 362 cm³/mol. The number of nitrogens with zero attached hydrogens (tertiary/aromatic N) is 2. The molecule has 12 fully saturated rings. The minimum atomic E-state index is -1.59. The van der Waals surface area contributed by atoms with Crippen molar-refractivity contribution in [2.45, 2.75) is 279 Å². The molecule has 0 spiro atoms. The third-order valence-corrected chi connectivity index (χ3v) is 32.4. The molecule has 9 unspecified atom stereocenters. The number of aliphatic carboxylic acids is 2. The van der Waals surface area contributed by atoms with E-state index in [0.29, 0.717) is 41.9 Å². The molecule has 2 heterocycles. The number of carboxylic acid groups (broad SMARTS) is 2. The fraction of sp³-hybridized carbons (Fsp3) is 0.896. The van der Waals surface area contributed by atoms with Gasteiger partial charge in [-0.2, -0.15) is 0 Å². The van der Waals surface area contributed by atoms with Crippen LogP contribution in [-0.2, 0) is 47.8 Å². The number of carbonyl (C=O) groups is 4. The first-order valence-corrected chi connectivity index (χ1v) is 37.5. The van der Waals surface area contributed by atoms with Gasteiger partial charge >= 0.3 is 23.9 Å². The lowest BCUT2D eigenvalue weighted by Gasteiger charge is -2.72. The van der Waals surface area contributed by atoms with E-state index in [1.807, 2.05) is 0 Å². The van der Waals surface area contributed by atoms with Gasteiger partial charge in [-0.25, -0.2) is 0 Å². The second kappa shape index (κ2) is 26.8. The maximum atomic E-state index is 13.5. The van der Waals surface area contributed by atoms with Crippen LogP contribution < -0.4 is 0 Å². The summed E-state index contributed by atoms with van der Waals surface area (Å²) < 4.78 is 23.6. The molecule has 0 aromatic rings. The number of ether oxygens (including phenoxy) is 4. The maximum absolute atomic E-state index is 13.5. The first-order valence-electron chi connectivity index (χ1n) is 37.5. The first-order chi connectivity index (χ1) is 45.7.